The summed E-state index contributed by atoms with van der Waals surface area (Å²) < 4.78 is 36.2. The lowest BCUT2D eigenvalue weighted by atomic mass is 10.1. The van der Waals surface area contributed by atoms with Gasteiger partial charge in [-0.15, -0.1) is 0 Å². The summed E-state index contributed by atoms with van der Waals surface area (Å²) in [5, 5.41) is 13.1. The lowest BCUT2D eigenvalue weighted by molar-refractivity contribution is 0.368. The summed E-state index contributed by atoms with van der Waals surface area (Å²) in [7, 11) is 1.17. The molecule has 2 aromatic rings. The lowest BCUT2D eigenvalue weighted by Crippen LogP contribution is -1.98. The summed E-state index contributed by atoms with van der Waals surface area (Å²) in [5.41, 5.74) is 4.95. The zero-order valence-corrected chi connectivity index (χ0v) is 9.28. The van der Waals surface area contributed by atoms with Crippen LogP contribution >= 0.6 is 0 Å². The molecule has 1 heterocycles. The molecule has 0 atom stereocenters. The predicted octanol–water partition coefficient (Wildman–Crippen LogP) is 1.19. The highest BCUT2D eigenvalue weighted by atomic mass is 19.1. The molecular weight excluding hydrogens is 248 g/mol. The van der Waals surface area contributed by atoms with Crippen molar-refractivity contribution in [3.8, 4) is 22.9 Å². The highest BCUT2D eigenvalue weighted by Crippen LogP contribution is 2.39. The molecule has 0 bridgehead atoms. The fourth-order valence-corrected chi connectivity index (χ4v) is 1.44. The smallest absolute Gasteiger partial charge is 0.240 e. The van der Waals surface area contributed by atoms with Crippen LogP contribution in [0, 0.1) is 11.6 Å². The second-order valence-corrected chi connectivity index (χ2v) is 3.31. The molecule has 1 aromatic carbocycles. The number of methoxy groups -OCH3 is 1. The van der Waals surface area contributed by atoms with Gasteiger partial charge in [-0.25, -0.2) is 8.78 Å². The van der Waals surface area contributed by atoms with Gasteiger partial charge >= 0.3 is 0 Å². The second kappa shape index (κ2) is 4.57. The third-order valence-corrected chi connectivity index (χ3v) is 2.23. The minimum atomic E-state index is -1.15. The number of phenolic OH excluding ortho intramolecular Hbond substituents is 1. The summed E-state index contributed by atoms with van der Waals surface area (Å²) in [4.78, 5) is 3.77. The highest BCUT2D eigenvalue weighted by molar-refractivity contribution is 5.71. The monoisotopic (exact) mass is 257 g/mol. The maximum absolute atomic E-state index is 13.5. The van der Waals surface area contributed by atoms with Crippen molar-refractivity contribution in [2.75, 3.05) is 7.11 Å². The van der Waals surface area contributed by atoms with Gasteiger partial charge in [-0.05, 0) is 0 Å². The number of halogens is 2. The van der Waals surface area contributed by atoms with Gasteiger partial charge in [-0.1, -0.05) is 5.16 Å². The van der Waals surface area contributed by atoms with Gasteiger partial charge in [-0.2, -0.15) is 4.98 Å². The van der Waals surface area contributed by atoms with Crippen molar-refractivity contribution in [1.29, 1.82) is 0 Å². The fraction of sp³-hybridized carbons (Fsp3) is 0.200. The molecule has 1 aromatic heterocycles. The van der Waals surface area contributed by atoms with Crippen molar-refractivity contribution in [2.24, 2.45) is 5.73 Å². The SMILES string of the molecule is COc1c(F)cc(F)c(O)c1-c1noc(CN)n1. The van der Waals surface area contributed by atoms with Gasteiger partial charge in [0.15, 0.2) is 23.1 Å². The number of hydrogen-bond acceptors (Lipinski definition) is 6. The van der Waals surface area contributed by atoms with E-state index in [0.29, 0.717) is 6.07 Å². The molecule has 6 nitrogen and oxygen atoms in total. The molecular formula is C10H9F2N3O3. The van der Waals surface area contributed by atoms with Gasteiger partial charge in [-0.3, -0.25) is 0 Å². The number of nitrogens with zero attached hydrogens (tertiary/aromatic N) is 2. The summed E-state index contributed by atoms with van der Waals surface area (Å²) in [6.45, 7) is -0.0339. The number of rotatable bonds is 3. The number of phenols is 1. The Balaban J connectivity index is 2.68. The van der Waals surface area contributed by atoms with E-state index in [1.165, 1.54) is 7.11 Å². The predicted molar refractivity (Wildman–Crippen MR) is 55.8 cm³/mol. The van der Waals surface area contributed by atoms with Crippen LogP contribution in [0.4, 0.5) is 8.78 Å². The molecule has 0 aliphatic rings. The third kappa shape index (κ3) is 1.86. The van der Waals surface area contributed by atoms with Gasteiger partial charge < -0.3 is 20.1 Å². The van der Waals surface area contributed by atoms with Crippen molar-refractivity contribution >= 4 is 0 Å². The first-order chi connectivity index (χ1) is 8.58. The van der Waals surface area contributed by atoms with E-state index in [1.54, 1.807) is 0 Å². The zero-order valence-electron chi connectivity index (χ0n) is 9.28. The van der Waals surface area contributed by atoms with Crippen LogP contribution in [0.2, 0.25) is 0 Å². The first-order valence-electron chi connectivity index (χ1n) is 4.86. The average molecular weight is 257 g/mol. The van der Waals surface area contributed by atoms with Crippen LogP contribution in [0.15, 0.2) is 10.6 Å². The largest absolute Gasteiger partial charge is 0.504 e. The van der Waals surface area contributed by atoms with E-state index in [2.05, 4.69) is 10.1 Å². The van der Waals surface area contributed by atoms with Crippen LogP contribution in [0.5, 0.6) is 11.5 Å². The Morgan fingerprint density at radius 3 is 2.72 bits per heavy atom. The number of ether oxygens (including phenoxy) is 1. The minimum Gasteiger partial charge on any atom is -0.504 e. The van der Waals surface area contributed by atoms with E-state index in [4.69, 9.17) is 15.0 Å². The molecule has 0 unspecified atom stereocenters. The molecule has 18 heavy (non-hydrogen) atoms. The summed E-state index contributed by atoms with van der Waals surface area (Å²) in [6.07, 6.45) is 0. The summed E-state index contributed by atoms with van der Waals surface area (Å²) in [6, 6.07) is 0.502. The number of aromatic hydroxyl groups is 1. The number of nitrogens with two attached hydrogens (primary N) is 1. The first-order valence-corrected chi connectivity index (χ1v) is 4.86. The fourth-order valence-electron chi connectivity index (χ4n) is 1.44. The standard InChI is InChI=1S/C10H9F2N3O3/c1-17-9-5(12)2-4(11)8(16)7(9)10-14-6(3-13)18-15-10/h2,16H,3,13H2,1H3. The lowest BCUT2D eigenvalue weighted by Gasteiger charge is -2.08. The van der Waals surface area contributed by atoms with Crippen molar-refractivity contribution in [2.45, 2.75) is 6.54 Å². The molecule has 0 fully saturated rings. The zero-order chi connectivity index (χ0) is 13.3. The summed E-state index contributed by atoms with van der Waals surface area (Å²) in [5.74, 6) is -3.47. The average Bonchev–Trinajstić information content (AvgIpc) is 2.81. The first kappa shape index (κ1) is 12.2. The molecule has 0 saturated heterocycles. The van der Waals surface area contributed by atoms with Crippen molar-refractivity contribution in [3.63, 3.8) is 0 Å². The Kier molecular flexibility index (Phi) is 3.11. The van der Waals surface area contributed by atoms with E-state index in [1.807, 2.05) is 0 Å². The topological polar surface area (TPSA) is 94.4 Å². The maximum atomic E-state index is 13.5. The van der Waals surface area contributed by atoms with E-state index < -0.39 is 17.4 Å². The van der Waals surface area contributed by atoms with E-state index in [0.717, 1.165) is 0 Å². The van der Waals surface area contributed by atoms with Gasteiger partial charge in [0.2, 0.25) is 11.7 Å². The molecule has 8 heteroatoms. The van der Waals surface area contributed by atoms with E-state index >= 15 is 0 Å². The maximum Gasteiger partial charge on any atom is 0.240 e. The van der Waals surface area contributed by atoms with Crippen molar-refractivity contribution in [3.05, 3.63) is 23.6 Å². The molecule has 0 spiro atoms. The summed E-state index contributed by atoms with van der Waals surface area (Å²) >= 11 is 0. The van der Waals surface area contributed by atoms with Crippen LogP contribution in [0.3, 0.4) is 0 Å². The molecule has 0 amide bonds. The van der Waals surface area contributed by atoms with Crippen LogP contribution < -0.4 is 10.5 Å². The van der Waals surface area contributed by atoms with Crippen LogP contribution in [0.1, 0.15) is 5.89 Å². The Morgan fingerprint density at radius 2 is 2.17 bits per heavy atom. The molecule has 96 valence electrons. The number of aromatic nitrogens is 2. The van der Waals surface area contributed by atoms with Crippen molar-refractivity contribution < 1.29 is 23.1 Å². The molecule has 3 N–H and O–H groups in total. The highest BCUT2D eigenvalue weighted by Gasteiger charge is 2.24. The van der Waals surface area contributed by atoms with Crippen LogP contribution in [-0.2, 0) is 6.54 Å². The van der Waals surface area contributed by atoms with E-state index in [-0.39, 0.29) is 29.6 Å². The molecule has 0 aliphatic heterocycles. The van der Waals surface area contributed by atoms with Gasteiger partial charge in [0.1, 0.15) is 5.56 Å². The Bertz CT molecular complexity index is 586. The normalized spacial score (nSPS) is 10.7. The van der Waals surface area contributed by atoms with E-state index in [9.17, 15) is 13.9 Å². The Morgan fingerprint density at radius 1 is 1.44 bits per heavy atom. The quantitative estimate of drug-likeness (QED) is 0.857. The van der Waals surface area contributed by atoms with Crippen molar-refractivity contribution in [1.82, 2.24) is 10.1 Å². The molecule has 2 rings (SSSR count). The van der Waals surface area contributed by atoms with Crippen LogP contribution in [-0.4, -0.2) is 22.4 Å². The van der Waals surface area contributed by atoms with Gasteiger partial charge in [0.05, 0.1) is 13.7 Å². The number of benzene rings is 1. The van der Waals surface area contributed by atoms with Crippen LogP contribution in [0.25, 0.3) is 11.4 Å². The third-order valence-electron chi connectivity index (χ3n) is 2.23. The van der Waals surface area contributed by atoms with Gasteiger partial charge in [0.25, 0.3) is 0 Å². The minimum absolute atomic E-state index is 0.0339. The number of hydrogen-bond donors (Lipinski definition) is 2. The second-order valence-electron chi connectivity index (χ2n) is 3.31. The Hall–Kier alpha value is -2.22. The van der Waals surface area contributed by atoms with Gasteiger partial charge in [0, 0.05) is 6.07 Å². The molecule has 0 radical (unpaired) electrons. The molecule has 0 aliphatic carbocycles. The molecule has 0 saturated carbocycles. The Labute approximate surface area is 100.0 Å².